The number of nitriles is 1. The lowest BCUT2D eigenvalue weighted by Crippen LogP contribution is -2.33. The van der Waals surface area contributed by atoms with Crippen LogP contribution in [0.5, 0.6) is 0 Å². The molecule has 4 nitrogen and oxygen atoms in total. The minimum atomic E-state index is -4.40. The first-order chi connectivity index (χ1) is 14.5. The lowest BCUT2D eigenvalue weighted by Gasteiger charge is -2.17. The second kappa shape index (κ2) is 8.36. The van der Waals surface area contributed by atoms with Crippen LogP contribution < -0.4 is 10.6 Å². The SMILES string of the molecule is CP(C)(=O)c1ccccc1/C=C(\C#N)C(=O)NCC1(c2ccc(C(F)(F)F)cc2)CC1. The molecule has 8 heteroatoms. The molecule has 162 valence electrons. The fourth-order valence-corrected chi connectivity index (χ4v) is 4.69. The summed E-state index contributed by atoms with van der Waals surface area (Å²) in [6.07, 6.45) is -1.50. The predicted molar refractivity (Wildman–Crippen MR) is 114 cm³/mol. The molecule has 1 amide bonds. The van der Waals surface area contributed by atoms with Gasteiger partial charge in [0.1, 0.15) is 18.8 Å². The second-order valence-electron chi connectivity index (χ2n) is 8.12. The number of rotatable bonds is 6. The Morgan fingerprint density at radius 1 is 1.16 bits per heavy atom. The number of halogens is 3. The van der Waals surface area contributed by atoms with E-state index in [1.165, 1.54) is 18.2 Å². The van der Waals surface area contributed by atoms with Gasteiger partial charge in [-0.3, -0.25) is 4.79 Å². The van der Waals surface area contributed by atoms with E-state index >= 15 is 0 Å². The number of carbonyl (C=O) groups excluding carboxylic acids is 1. The molecule has 0 heterocycles. The highest BCUT2D eigenvalue weighted by atomic mass is 31.2. The summed E-state index contributed by atoms with van der Waals surface area (Å²) >= 11 is 0. The average Bonchev–Trinajstić information content (AvgIpc) is 3.50. The zero-order valence-electron chi connectivity index (χ0n) is 17.2. The summed E-state index contributed by atoms with van der Waals surface area (Å²) in [7, 11) is -2.61. The number of amides is 1. The Morgan fingerprint density at radius 2 is 1.77 bits per heavy atom. The molecule has 1 saturated carbocycles. The van der Waals surface area contributed by atoms with Crippen molar-refractivity contribution in [3.8, 4) is 6.07 Å². The maximum atomic E-state index is 12.8. The molecule has 0 radical (unpaired) electrons. The summed E-state index contributed by atoms with van der Waals surface area (Å²) in [6, 6.07) is 13.8. The first-order valence-corrected chi connectivity index (χ1v) is 12.3. The highest BCUT2D eigenvalue weighted by molar-refractivity contribution is 7.70. The summed E-state index contributed by atoms with van der Waals surface area (Å²) in [5.41, 5.74) is 0.0245. The highest BCUT2D eigenvalue weighted by Crippen LogP contribution is 2.48. The summed E-state index contributed by atoms with van der Waals surface area (Å²) in [6.45, 7) is 3.46. The van der Waals surface area contributed by atoms with Crippen molar-refractivity contribution in [1.29, 1.82) is 5.26 Å². The molecule has 1 aliphatic rings. The van der Waals surface area contributed by atoms with Crippen molar-refractivity contribution in [3.05, 3.63) is 70.8 Å². The van der Waals surface area contributed by atoms with Gasteiger partial charge in [-0.1, -0.05) is 36.4 Å². The van der Waals surface area contributed by atoms with Crippen molar-refractivity contribution in [2.45, 2.75) is 24.4 Å². The average molecular weight is 446 g/mol. The topological polar surface area (TPSA) is 70.0 Å². The molecule has 0 atom stereocenters. The normalized spacial score (nSPS) is 15.8. The lowest BCUT2D eigenvalue weighted by molar-refractivity contribution is -0.137. The number of nitrogens with one attached hydrogen (secondary N) is 1. The van der Waals surface area contributed by atoms with Gasteiger partial charge in [0.15, 0.2) is 0 Å². The van der Waals surface area contributed by atoms with Gasteiger partial charge < -0.3 is 9.88 Å². The molecule has 0 aliphatic heterocycles. The van der Waals surface area contributed by atoms with Crippen LogP contribution in [0.3, 0.4) is 0 Å². The van der Waals surface area contributed by atoms with E-state index < -0.39 is 30.2 Å². The quantitative estimate of drug-likeness (QED) is 0.397. The van der Waals surface area contributed by atoms with Crippen LogP contribution in [0, 0.1) is 11.3 Å². The van der Waals surface area contributed by atoms with E-state index in [2.05, 4.69) is 5.32 Å². The molecule has 2 aromatic carbocycles. The second-order valence-corrected chi connectivity index (χ2v) is 11.3. The van der Waals surface area contributed by atoms with Crippen LogP contribution in [0.1, 0.15) is 29.5 Å². The Morgan fingerprint density at radius 3 is 2.29 bits per heavy atom. The number of hydrogen-bond acceptors (Lipinski definition) is 3. The largest absolute Gasteiger partial charge is 0.416 e. The first-order valence-electron chi connectivity index (χ1n) is 9.69. The summed E-state index contributed by atoms with van der Waals surface area (Å²) in [5.74, 6) is -0.572. The summed E-state index contributed by atoms with van der Waals surface area (Å²) in [5, 5.41) is 12.8. The molecule has 0 spiro atoms. The fourth-order valence-electron chi connectivity index (χ4n) is 3.48. The van der Waals surface area contributed by atoms with E-state index in [-0.39, 0.29) is 12.1 Å². The Bertz CT molecular complexity index is 1100. The van der Waals surface area contributed by atoms with Gasteiger partial charge in [-0.2, -0.15) is 18.4 Å². The molecule has 0 unspecified atom stereocenters. The van der Waals surface area contributed by atoms with E-state index in [9.17, 15) is 27.8 Å². The Hall–Kier alpha value is -2.84. The van der Waals surface area contributed by atoms with Crippen molar-refractivity contribution in [2.24, 2.45) is 0 Å². The van der Waals surface area contributed by atoms with Crippen LogP contribution in [0.25, 0.3) is 6.08 Å². The van der Waals surface area contributed by atoms with Crippen molar-refractivity contribution in [3.63, 3.8) is 0 Å². The van der Waals surface area contributed by atoms with E-state index in [1.807, 2.05) is 6.07 Å². The van der Waals surface area contributed by atoms with Crippen molar-refractivity contribution >= 4 is 24.4 Å². The van der Waals surface area contributed by atoms with Crippen LogP contribution in [0.4, 0.5) is 13.2 Å². The smallest absolute Gasteiger partial charge is 0.351 e. The number of alkyl halides is 3. The van der Waals surface area contributed by atoms with Gasteiger partial charge in [0, 0.05) is 17.3 Å². The third-order valence-corrected chi connectivity index (χ3v) is 7.01. The maximum Gasteiger partial charge on any atom is 0.416 e. The van der Waals surface area contributed by atoms with Crippen molar-refractivity contribution in [2.75, 3.05) is 19.9 Å². The van der Waals surface area contributed by atoms with E-state index in [1.54, 1.807) is 37.6 Å². The fraction of sp³-hybridized carbons (Fsp3) is 0.304. The first kappa shape index (κ1) is 22.8. The highest BCUT2D eigenvalue weighted by Gasteiger charge is 2.44. The van der Waals surface area contributed by atoms with Gasteiger partial charge in [0.25, 0.3) is 5.91 Å². The van der Waals surface area contributed by atoms with Gasteiger partial charge in [-0.15, -0.1) is 0 Å². The van der Waals surface area contributed by atoms with Crippen LogP contribution in [-0.4, -0.2) is 25.8 Å². The number of hydrogen-bond donors (Lipinski definition) is 1. The van der Waals surface area contributed by atoms with E-state index in [4.69, 9.17) is 0 Å². The zero-order valence-corrected chi connectivity index (χ0v) is 18.1. The van der Waals surface area contributed by atoms with E-state index in [0.717, 1.165) is 30.5 Å². The summed E-state index contributed by atoms with van der Waals surface area (Å²) in [4.78, 5) is 12.6. The molecule has 31 heavy (non-hydrogen) atoms. The summed E-state index contributed by atoms with van der Waals surface area (Å²) < 4.78 is 50.9. The molecule has 0 saturated heterocycles. The molecule has 1 aliphatic carbocycles. The van der Waals surface area contributed by atoms with Gasteiger partial charge in [-0.05, 0) is 55.5 Å². The Balaban J connectivity index is 1.75. The molecule has 1 N–H and O–H groups in total. The molecule has 0 aromatic heterocycles. The minimum Gasteiger partial charge on any atom is -0.351 e. The number of nitrogens with zero attached hydrogens (tertiary/aromatic N) is 1. The van der Waals surface area contributed by atoms with Crippen LogP contribution >= 0.6 is 7.14 Å². The van der Waals surface area contributed by atoms with E-state index in [0.29, 0.717) is 10.9 Å². The molecule has 0 bridgehead atoms. The predicted octanol–water partition coefficient (Wildman–Crippen LogP) is 4.71. The monoisotopic (exact) mass is 446 g/mol. The number of carbonyl (C=O) groups is 1. The van der Waals surface area contributed by atoms with Crippen molar-refractivity contribution < 1.29 is 22.5 Å². The molecule has 2 aromatic rings. The van der Waals surface area contributed by atoms with Crippen LogP contribution in [-0.2, 0) is 21.0 Å². The van der Waals surface area contributed by atoms with Gasteiger partial charge in [-0.25, -0.2) is 0 Å². The molecule has 3 rings (SSSR count). The Labute approximate surface area is 179 Å². The van der Waals surface area contributed by atoms with Crippen LogP contribution in [0.2, 0.25) is 0 Å². The minimum absolute atomic E-state index is 0.121. The zero-order chi connectivity index (χ0) is 22.9. The Kier molecular flexibility index (Phi) is 6.16. The third kappa shape index (κ3) is 5.26. The molecular formula is C23H22F3N2O2P. The van der Waals surface area contributed by atoms with Gasteiger partial charge in [0.05, 0.1) is 5.56 Å². The molecule has 1 fully saturated rings. The van der Waals surface area contributed by atoms with Crippen molar-refractivity contribution in [1.82, 2.24) is 5.32 Å². The van der Waals surface area contributed by atoms with Gasteiger partial charge in [0.2, 0.25) is 0 Å². The molecular weight excluding hydrogens is 424 g/mol. The van der Waals surface area contributed by atoms with Crippen LogP contribution in [0.15, 0.2) is 54.1 Å². The third-order valence-electron chi connectivity index (χ3n) is 5.45. The number of benzene rings is 2. The maximum absolute atomic E-state index is 12.8. The van der Waals surface area contributed by atoms with Gasteiger partial charge >= 0.3 is 6.18 Å². The lowest BCUT2D eigenvalue weighted by atomic mass is 9.94. The standard InChI is InChI=1S/C23H22F3N2O2P/c1-31(2,30)20-6-4-3-5-16(20)13-17(14-27)21(29)28-15-22(11-12-22)18-7-9-19(10-8-18)23(24,25)26/h3-10,13H,11-12,15H2,1-2H3,(H,28,29)/b17-13+.